The van der Waals surface area contributed by atoms with E-state index in [-0.39, 0.29) is 17.4 Å². The van der Waals surface area contributed by atoms with E-state index in [1.165, 1.54) is 32.4 Å². The summed E-state index contributed by atoms with van der Waals surface area (Å²) in [5.41, 5.74) is 1.14. The van der Waals surface area contributed by atoms with Gasteiger partial charge in [-0.05, 0) is 24.1 Å². The Morgan fingerprint density at radius 1 is 1.04 bits per heavy atom. The van der Waals surface area contributed by atoms with Crippen LogP contribution in [0.4, 0.5) is 0 Å². The zero-order chi connectivity index (χ0) is 20.6. The lowest BCUT2D eigenvalue weighted by molar-refractivity contribution is -0.120. The summed E-state index contributed by atoms with van der Waals surface area (Å²) in [6.07, 6.45) is 0.863. The predicted molar refractivity (Wildman–Crippen MR) is 107 cm³/mol. The highest BCUT2D eigenvalue weighted by Crippen LogP contribution is 2.29. The molecule has 152 valence electrons. The van der Waals surface area contributed by atoms with Gasteiger partial charge in [-0.15, -0.1) is 0 Å². The number of ether oxygens (including phenoxy) is 2. The van der Waals surface area contributed by atoms with Gasteiger partial charge in [-0.1, -0.05) is 37.3 Å². The number of amides is 1. The third-order valence-corrected chi connectivity index (χ3v) is 5.80. The highest BCUT2D eigenvalue weighted by Gasteiger charge is 2.18. The van der Waals surface area contributed by atoms with Gasteiger partial charge in [0.2, 0.25) is 15.9 Å². The van der Waals surface area contributed by atoms with E-state index in [0.717, 1.165) is 12.0 Å². The number of hydrogen-bond donors (Lipinski definition) is 2. The van der Waals surface area contributed by atoms with Crippen LogP contribution >= 0.6 is 0 Å². The van der Waals surface area contributed by atoms with Crippen molar-refractivity contribution in [2.24, 2.45) is 0 Å². The highest BCUT2D eigenvalue weighted by molar-refractivity contribution is 7.89. The molecule has 0 unspecified atom stereocenters. The monoisotopic (exact) mass is 406 g/mol. The van der Waals surface area contributed by atoms with Gasteiger partial charge in [0.25, 0.3) is 0 Å². The second-order valence-electron chi connectivity index (χ2n) is 6.16. The minimum atomic E-state index is -3.86. The Bertz CT molecular complexity index is 885. The topological polar surface area (TPSA) is 93.7 Å². The van der Waals surface area contributed by atoms with Crippen molar-refractivity contribution < 1.29 is 22.7 Å². The molecule has 0 bridgehead atoms. The van der Waals surface area contributed by atoms with Gasteiger partial charge < -0.3 is 14.8 Å². The van der Waals surface area contributed by atoms with E-state index in [4.69, 9.17) is 9.47 Å². The van der Waals surface area contributed by atoms with Crippen molar-refractivity contribution in [1.82, 2.24) is 10.0 Å². The normalized spacial score (nSPS) is 12.2. The SMILES string of the molecule is CC[C@H](CNC(=O)CNS(=O)(=O)c1ccc(OC)c(OC)c1)c1ccccc1. The highest BCUT2D eigenvalue weighted by atomic mass is 32.2. The molecule has 0 aromatic heterocycles. The first kappa shape index (κ1) is 21.7. The van der Waals surface area contributed by atoms with Crippen LogP contribution in [-0.4, -0.2) is 41.6 Å². The number of rotatable bonds is 10. The van der Waals surface area contributed by atoms with E-state index in [1.54, 1.807) is 0 Å². The Balaban J connectivity index is 1.94. The zero-order valence-electron chi connectivity index (χ0n) is 16.3. The summed E-state index contributed by atoms with van der Waals surface area (Å²) in [5.74, 6) is 0.500. The van der Waals surface area contributed by atoms with Crippen LogP contribution in [0.1, 0.15) is 24.8 Å². The van der Waals surface area contributed by atoms with Crippen molar-refractivity contribution in [2.75, 3.05) is 27.3 Å². The van der Waals surface area contributed by atoms with Crippen LogP contribution < -0.4 is 19.5 Å². The van der Waals surface area contributed by atoms with E-state index >= 15 is 0 Å². The van der Waals surface area contributed by atoms with E-state index in [9.17, 15) is 13.2 Å². The molecule has 0 heterocycles. The Labute approximate surface area is 166 Å². The molecule has 2 N–H and O–H groups in total. The van der Waals surface area contributed by atoms with Crippen molar-refractivity contribution in [3.8, 4) is 11.5 Å². The van der Waals surface area contributed by atoms with Gasteiger partial charge in [0, 0.05) is 18.5 Å². The molecule has 2 rings (SSSR count). The Kier molecular flexibility index (Phi) is 7.83. The number of hydrogen-bond acceptors (Lipinski definition) is 5. The molecule has 0 aliphatic carbocycles. The maximum absolute atomic E-state index is 12.4. The van der Waals surface area contributed by atoms with Crippen LogP contribution in [-0.2, 0) is 14.8 Å². The fraction of sp³-hybridized carbons (Fsp3) is 0.350. The maximum atomic E-state index is 12.4. The molecular formula is C20H26N2O5S. The first-order valence-electron chi connectivity index (χ1n) is 8.94. The molecule has 0 aliphatic heterocycles. The fourth-order valence-electron chi connectivity index (χ4n) is 2.75. The average Bonchev–Trinajstić information content (AvgIpc) is 2.73. The van der Waals surface area contributed by atoms with Gasteiger partial charge in [-0.2, -0.15) is 0 Å². The number of benzene rings is 2. The Morgan fingerprint density at radius 3 is 2.32 bits per heavy atom. The van der Waals surface area contributed by atoms with Crippen LogP contribution in [0.25, 0.3) is 0 Å². The molecule has 2 aromatic carbocycles. The summed E-state index contributed by atoms with van der Waals surface area (Å²) < 4.78 is 37.4. The van der Waals surface area contributed by atoms with E-state index < -0.39 is 15.9 Å². The lowest BCUT2D eigenvalue weighted by Gasteiger charge is -2.16. The summed E-state index contributed by atoms with van der Waals surface area (Å²) in [7, 11) is -0.967. The summed E-state index contributed by atoms with van der Waals surface area (Å²) in [5, 5.41) is 2.79. The number of carbonyl (C=O) groups excluding carboxylic acids is 1. The molecule has 1 amide bonds. The molecule has 1 atom stereocenters. The summed E-state index contributed by atoms with van der Waals surface area (Å²) in [4.78, 5) is 12.1. The summed E-state index contributed by atoms with van der Waals surface area (Å²) in [6, 6.07) is 14.1. The van der Waals surface area contributed by atoms with Crippen molar-refractivity contribution in [3.05, 3.63) is 54.1 Å². The summed E-state index contributed by atoms with van der Waals surface area (Å²) >= 11 is 0. The third kappa shape index (κ3) is 5.71. The van der Waals surface area contributed by atoms with Crippen molar-refractivity contribution in [2.45, 2.75) is 24.2 Å². The van der Waals surface area contributed by atoms with E-state index in [2.05, 4.69) is 10.0 Å². The molecule has 7 nitrogen and oxygen atoms in total. The summed E-state index contributed by atoms with van der Waals surface area (Å²) in [6.45, 7) is 2.14. The van der Waals surface area contributed by atoms with Crippen LogP contribution in [0.15, 0.2) is 53.4 Å². The van der Waals surface area contributed by atoms with Gasteiger partial charge in [-0.3, -0.25) is 4.79 Å². The van der Waals surface area contributed by atoms with Gasteiger partial charge in [-0.25, -0.2) is 13.1 Å². The lowest BCUT2D eigenvalue weighted by Crippen LogP contribution is -2.38. The Morgan fingerprint density at radius 2 is 1.71 bits per heavy atom. The van der Waals surface area contributed by atoms with E-state index in [0.29, 0.717) is 18.0 Å². The minimum Gasteiger partial charge on any atom is -0.493 e. The molecule has 8 heteroatoms. The number of carbonyl (C=O) groups is 1. The zero-order valence-corrected chi connectivity index (χ0v) is 17.1. The molecule has 0 aliphatic rings. The van der Waals surface area contributed by atoms with Gasteiger partial charge in [0.15, 0.2) is 11.5 Å². The van der Waals surface area contributed by atoms with Crippen LogP contribution in [0.5, 0.6) is 11.5 Å². The van der Waals surface area contributed by atoms with Crippen molar-refractivity contribution in [3.63, 3.8) is 0 Å². The second kappa shape index (κ2) is 10.1. The smallest absolute Gasteiger partial charge is 0.241 e. The van der Waals surface area contributed by atoms with Gasteiger partial charge >= 0.3 is 0 Å². The average molecular weight is 407 g/mol. The standard InChI is InChI=1S/C20H26N2O5S/c1-4-15(16-8-6-5-7-9-16)13-21-20(23)14-22-28(24,25)17-10-11-18(26-2)19(12-17)27-3/h5-12,15,22H,4,13-14H2,1-3H3,(H,21,23)/t15-/m1/s1. The molecule has 28 heavy (non-hydrogen) atoms. The number of methoxy groups -OCH3 is 2. The predicted octanol–water partition coefficient (Wildman–Crippen LogP) is 2.29. The van der Waals surface area contributed by atoms with Crippen LogP contribution in [0.2, 0.25) is 0 Å². The Hall–Kier alpha value is -2.58. The molecule has 0 saturated heterocycles. The number of nitrogens with one attached hydrogen (secondary N) is 2. The fourth-order valence-corrected chi connectivity index (χ4v) is 3.75. The second-order valence-corrected chi connectivity index (χ2v) is 7.93. The quantitative estimate of drug-likeness (QED) is 0.631. The number of sulfonamides is 1. The first-order chi connectivity index (χ1) is 13.4. The molecule has 0 fully saturated rings. The van der Waals surface area contributed by atoms with Crippen molar-refractivity contribution >= 4 is 15.9 Å². The molecule has 0 spiro atoms. The minimum absolute atomic E-state index is 0.00586. The molecule has 0 radical (unpaired) electrons. The third-order valence-electron chi connectivity index (χ3n) is 4.40. The first-order valence-corrected chi connectivity index (χ1v) is 10.4. The van der Waals surface area contributed by atoms with Crippen molar-refractivity contribution in [1.29, 1.82) is 0 Å². The van der Waals surface area contributed by atoms with Crippen LogP contribution in [0, 0.1) is 0 Å². The lowest BCUT2D eigenvalue weighted by atomic mass is 9.96. The molecule has 0 saturated carbocycles. The van der Waals surface area contributed by atoms with E-state index in [1.807, 2.05) is 37.3 Å². The largest absolute Gasteiger partial charge is 0.493 e. The van der Waals surface area contributed by atoms with Gasteiger partial charge in [0.1, 0.15) is 0 Å². The molecule has 2 aromatic rings. The van der Waals surface area contributed by atoms with Gasteiger partial charge in [0.05, 0.1) is 25.7 Å². The molecular weight excluding hydrogens is 380 g/mol. The van der Waals surface area contributed by atoms with Crippen LogP contribution in [0.3, 0.4) is 0 Å². The maximum Gasteiger partial charge on any atom is 0.241 e.